The monoisotopic (exact) mass is 289 g/mol. The molecule has 1 fully saturated rings. The molecule has 0 saturated carbocycles. The van der Waals surface area contributed by atoms with E-state index in [0.717, 1.165) is 37.7 Å². The molecule has 106 valence electrons. The van der Waals surface area contributed by atoms with Gasteiger partial charge in [-0.1, -0.05) is 11.6 Å². The van der Waals surface area contributed by atoms with Crippen molar-refractivity contribution in [3.63, 3.8) is 0 Å². The molecule has 0 amide bonds. The predicted octanol–water partition coefficient (Wildman–Crippen LogP) is 3.00. The zero-order valence-corrected chi connectivity index (χ0v) is 12.6. The van der Waals surface area contributed by atoms with E-state index in [1.165, 1.54) is 11.4 Å². The molecule has 1 aliphatic rings. The highest BCUT2D eigenvalue weighted by atomic mass is 35.5. The van der Waals surface area contributed by atoms with Crippen LogP contribution in [0.5, 0.6) is 0 Å². The third kappa shape index (κ3) is 3.00. The van der Waals surface area contributed by atoms with E-state index in [1.54, 1.807) is 0 Å². The molecular formula is C16H20ClN3. The SMILES string of the molecule is Cn1cccc1CN1CCN(c2ccc(Cl)cc2)CC1. The Morgan fingerprint density at radius 3 is 2.30 bits per heavy atom. The van der Waals surface area contributed by atoms with Crippen LogP contribution >= 0.6 is 11.6 Å². The van der Waals surface area contributed by atoms with Crippen LogP contribution in [-0.4, -0.2) is 35.6 Å². The maximum atomic E-state index is 5.94. The topological polar surface area (TPSA) is 11.4 Å². The Hall–Kier alpha value is -1.45. The van der Waals surface area contributed by atoms with E-state index in [9.17, 15) is 0 Å². The molecule has 3 rings (SSSR count). The Morgan fingerprint density at radius 2 is 1.70 bits per heavy atom. The molecule has 3 nitrogen and oxygen atoms in total. The summed E-state index contributed by atoms with van der Waals surface area (Å²) in [5, 5.41) is 0.802. The fourth-order valence-corrected chi connectivity index (χ4v) is 2.83. The summed E-state index contributed by atoms with van der Waals surface area (Å²) in [5.41, 5.74) is 2.65. The third-order valence-corrected chi connectivity index (χ3v) is 4.25. The van der Waals surface area contributed by atoms with Crippen molar-refractivity contribution in [3.05, 3.63) is 53.3 Å². The Kier molecular flexibility index (Phi) is 3.99. The lowest BCUT2D eigenvalue weighted by molar-refractivity contribution is 0.245. The second-order valence-electron chi connectivity index (χ2n) is 5.35. The zero-order chi connectivity index (χ0) is 13.9. The first-order valence-electron chi connectivity index (χ1n) is 7.05. The van der Waals surface area contributed by atoms with Crippen LogP contribution in [0.25, 0.3) is 0 Å². The lowest BCUT2D eigenvalue weighted by Gasteiger charge is -2.36. The van der Waals surface area contributed by atoms with Crippen molar-refractivity contribution < 1.29 is 0 Å². The van der Waals surface area contributed by atoms with Crippen LogP contribution in [-0.2, 0) is 13.6 Å². The second kappa shape index (κ2) is 5.90. The lowest BCUT2D eigenvalue weighted by Crippen LogP contribution is -2.46. The Labute approximate surface area is 125 Å². The van der Waals surface area contributed by atoms with Crippen LogP contribution in [0.2, 0.25) is 5.02 Å². The fraction of sp³-hybridized carbons (Fsp3) is 0.375. The third-order valence-electron chi connectivity index (χ3n) is 4.00. The smallest absolute Gasteiger partial charge is 0.0407 e. The Morgan fingerprint density at radius 1 is 1.00 bits per heavy atom. The molecule has 0 radical (unpaired) electrons. The van der Waals surface area contributed by atoms with Crippen molar-refractivity contribution in [1.82, 2.24) is 9.47 Å². The van der Waals surface area contributed by atoms with Gasteiger partial charge in [-0.15, -0.1) is 0 Å². The van der Waals surface area contributed by atoms with Crippen molar-refractivity contribution in [2.24, 2.45) is 7.05 Å². The molecule has 0 bridgehead atoms. The highest BCUT2D eigenvalue weighted by Gasteiger charge is 2.17. The fourth-order valence-electron chi connectivity index (χ4n) is 2.71. The molecule has 2 aromatic rings. The Balaban J connectivity index is 1.57. The van der Waals surface area contributed by atoms with Crippen molar-refractivity contribution >= 4 is 17.3 Å². The summed E-state index contributed by atoms with van der Waals surface area (Å²) >= 11 is 5.94. The van der Waals surface area contributed by atoms with Crippen molar-refractivity contribution in [3.8, 4) is 0 Å². The summed E-state index contributed by atoms with van der Waals surface area (Å²) in [5.74, 6) is 0. The average Bonchev–Trinajstić information content (AvgIpc) is 2.86. The number of piperazine rings is 1. The van der Waals surface area contributed by atoms with E-state index in [-0.39, 0.29) is 0 Å². The first kappa shape index (κ1) is 13.5. The molecule has 1 aromatic carbocycles. The summed E-state index contributed by atoms with van der Waals surface area (Å²) in [6.07, 6.45) is 2.11. The number of benzene rings is 1. The van der Waals surface area contributed by atoms with Gasteiger partial charge in [-0.05, 0) is 36.4 Å². The van der Waals surface area contributed by atoms with Gasteiger partial charge in [0.25, 0.3) is 0 Å². The maximum Gasteiger partial charge on any atom is 0.0407 e. The van der Waals surface area contributed by atoms with E-state index >= 15 is 0 Å². The molecule has 1 aliphatic heterocycles. The number of halogens is 1. The van der Waals surface area contributed by atoms with Crippen LogP contribution < -0.4 is 4.90 Å². The van der Waals surface area contributed by atoms with Crippen molar-refractivity contribution in [2.45, 2.75) is 6.54 Å². The minimum absolute atomic E-state index is 0.802. The van der Waals surface area contributed by atoms with Gasteiger partial charge in [0.2, 0.25) is 0 Å². The molecule has 20 heavy (non-hydrogen) atoms. The Bertz CT molecular complexity index is 553. The van der Waals surface area contributed by atoms with Crippen LogP contribution in [0.3, 0.4) is 0 Å². The van der Waals surface area contributed by atoms with Crippen LogP contribution in [0, 0.1) is 0 Å². The molecule has 4 heteroatoms. The first-order valence-corrected chi connectivity index (χ1v) is 7.43. The summed E-state index contributed by atoms with van der Waals surface area (Å²) in [6.45, 7) is 5.40. The summed E-state index contributed by atoms with van der Waals surface area (Å²) in [4.78, 5) is 4.94. The maximum absolute atomic E-state index is 5.94. The highest BCUT2D eigenvalue weighted by Crippen LogP contribution is 2.20. The van der Waals surface area contributed by atoms with E-state index in [4.69, 9.17) is 11.6 Å². The van der Waals surface area contributed by atoms with E-state index < -0.39 is 0 Å². The minimum Gasteiger partial charge on any atom is -0.369 e. The van der Waals surface area contributed by atoms with E-state index in [2.05, 4.69) is 51.9 Å². The molecule has 0 aliphatic carbocycles. The highest BCUT2D eigenvalue weighted by molar-refractivity contribution is 6.30. The van der Waals surface area contributed by atoms with E-state index in [1.807, 2.05) is 12.1 Å². The molecule has 0 atom stereocenters. The normalized spacial score (nSPS) is 16.6. The average molecular weight is 290 g/mol. The van der Waals surface area contributed by atoms with Gasteiger partial charge in [-0.25, -0.2) is 0 Å². The molecule has 1 aromatic heterocycles. The van der Waals surface area contributed by atoms with Gasteiger partial charge in [0, 0.05) is 62.4 Å². The number of nitrogens with zero attached hydrogens (tertiary/aromatic N) is 3. The summed E-state index contributed by atoms with van der Waals surface area (Å²) in [6, 6.07) is 12.5. The van der Waals surface area contributed by atoms with Crippen molar-refractivity contribution in [1.29, 1.82) is 0 Å². The number of anilines is 1. The van der Waals surface area contributed by atoms with Gasteiger partial charge in [-0.2, -0.15) is 0 Å². The van der Waals surface area contributed by atoms with Gasteiger partial charge in [0.1, 0.15) is 0 Å². The quantitative estimate of drug-likeness (QED) is 0.861. The van der Waals surface area contributed by atoms with Crippen LogP contribution in [0.4, 0.5) is 5.69 Å². The van der Waals surface area contributed by atoms with Crippen LogP contribution in [0.1, 0.15) is 5.69 Å². The zero-order valence-electron chi connectivity index (χ0n) is 11.8. The lowest BCUT2D eigenvalue weighted by atomic mass is 10.2. The minimum atomic E-state index is 0.802. The number of aryl methyl sites for hydroxylation is 1. The van der Waals surface area contributed by atoms with Gasteiger partial charge in [0.05, 0.1) is 0 Å². The number of hydrogen-bond donors (Lipinski definition) is 0. The second-order valence-corrected chi connectivity index (χ2v) is 5.79. The molecule has 2 heterocycles. The van der Waals surface area contributed by atoms with Gasteiger partial charge < -0.3 is 9.47 Å². The summed E-state index contributed by atoms with van der Waals surface area (Å²) in [7, 11) is 2.11. The molecular weight excluding hydrogens is 270 g/mol. The van der Waals surface area contributed by atoms with Crippen molar-refractivity contribution in [2.75, 3.05) is 31.1 Å². The molecule has 1 saturated heterocycles. The van der Waals surface area contributed by atoms with Gasteiger partial charge in [0.15, 0.2) is 0 Å². The van der Waals surface area contributed by atoms with E-state index in [0.29, 0.717) is 0 Å². The number of rotatable bonds is 3. The predicted molar refractivity (Wildman–Crippen MR) is 84.4 cm³/mol. The largest absolute Gasteiger partial charge is 0.369 e. The first-order chi connectivity index (χ1) is 9.72. The number of aromatic nitrogens is 1. The standard InChI is InChI=1S/C16H20ClN3/c1-18-8-2-3-16(18)13-19-9-11-20(12-10-19)15-6-4-14(17)5-7-15/h2-8H,9-13H2,1H3. The molecule has 0 unspecified atom stereocenters. The summed E-state index contributed by atoms with van der Waals surface area (Å²) < 4.78 is 2.20. The van der Waals surface area contributed by atoms with Crippen LogP contribution in [0.15, 0.2) is 42.6 Å². The molecule has 0 spiro atoms. The van der Waals surface area contributed by atoms with Gasteiger partial charge in [-0.3, -0.25) is 4.90 Å². The van der Waals surface area contributed by atoms with Gasteiger partial charge >= 0.3 is 0 Å². The number of hydrogen-bond acceptors (Lipinski definition) is 2. The molecule has 0 N–H and O–H groups in total.